The summed E-state index contributed by atoms with van der Waals surface area (Å²) in [6.45, 7) is 0. The van der Waals surface area contributed by atoms with Crippen molar-refractivity contribution in [1.29, 1.82) is 0 Å². The topological polar surface area (TPSA) is 25.6 Å². The maximum atomic E-state index is 6.87. The van der Waals surface area contributed by atoms with Crippen molar-refractivity contribution in [3.8, 4) is 33.8 Å². The highest BCUT2D eigenvalue weighted by atomic mass is 16.5. The van der Waals surface area contributed by atoms with Gasteiger partial charge >= 0.3 is 0 Å². The molecule has 0 fully saturated rings. The average molecular weight is 716 g/mol. The van der Waals surface area contributed by atoms with E-state index in [1.807, 2.05) is 12.1 Å². The van der Waals surface area contributed by atoms with Gasteiger partial charge in [-0.2, -0.15) is 0 Å². The third kappa shape index (κ3) is 4.28. The molecule has 1 atom stereocenters. The van der Waals surface area contributed by atoms with Crippen molar-refractivity contribution in [2.24, 2.45) is 0 Å². The molecule has 56 heavy (non-hydrogen) atoms. The van der Waals surface area contributed by atoms with Gasteiger partial charge in [-0.05, 0) is 93.4 Å². The van der Waals surface area contributed by atoms with Gasteiger partial charge in [-0.15, -0.1) is 0 Å². The Morgan fingerprint density at radius 3 is 1.98 bits per heavy atom. The van der Waals surface area contributed by atoms with Crippen LogP contribution in [0.4, 0.5) is 17.1 Å². The van der Waals surface area contributed by atoms with Crippen LogP contribution in [0, 0.1) is 0 Å². The summed E-state index contributed by atoms with van der Waals surface area (Å²) in [7, 11) is 0. The van der Waals surface area contributed by atoms with Gasteiger partial charge in [0.1, 0.15) is 22.7 Å². The van der Waals surface area contributed by atoms with E-state index in [1.54, 1.807) is 0 Å². The van der Waals surface area contributed by atoms with Crippen molar-refractivity contribution >= 4 is 49.8 Å². The number of nitrogens with zero attached hydrogens (tertiary/aromatic N) is 1. The minimum absolute atomic E-state index is 0.549. The van der Waals surface area contributed by atoms with Crippen LogP contribution in [0.5, 0.6) is 11.5 Å². The van der Waals surface area contributed by atoms with Crippen LogP contribution in [-0.4, -0.2) is 0 Å². The second-order valence-electron chi connectivity index (χ2n) is 14.8. The van der Waals surface area contributed by atoms with E-state index in [1.165, 1.54) is 44.3 Å². The highest BCUT2D eigenvalue weighted by Crippen LogP contribution is 2.63. The lowest BCUT2D eigenvalue weighted by Crippen LogP contribution is -2.32. The second-order valence-corrected chi connectivity index (χ2v) is 14.8. The van der Waals surface area contributed by atoms with Crippen LogP contribution in [-0.2, 0) is 5.41 Å². The Kier molecular flexibility index (Phi) is 6.55. The molecule has 0 radical (unpaired) electrons. The molecule has 0 N–H and O–H groups in total. The van der Waals surface area contributed by atoms with E-state index < -0.39 is 5.41 Å². The number of hydrogen-bond acceptors (Lipinski definition) is 3. The highest BCUT2D eigenvalue weighted by molar-refractivity contribution is 6.13. The number of ether oxygens (including phenoxy) is 1. The van der Waals surface area contributed by atoms with Crippen LogP contribution >= 0.6 is 0 Å². The average Bonchev–Trinajstić information content (AvgIpc) is 3.79. The van der Waals surface area contributed by atoms with Gasteiger partial charge < -0.3 is 14.1 Å². The Balaban J connectivity index is 1.04. The first kappa shape index (κ1) is 31.0. The molecule has 2 heterocycles. The van der Waals surface area contributed by atoms with Gasteiger partial charge in [-0.3, -0.25) is 0 Å². The Morgan fingerprint density at radius 1 is 0.411 bits per heavy atom. The van der Waals surface area contributed by atoms with Gasteiger partial charge in [0.15, 0.2) is 0 Å². The van der Waals surface area contributed by atoms with Crippen LogP contribution in [0.25, 0.3) is 55.0 Å². The monoisotopic (exact) mass is 715 g/mol. The van der Waals surface area contributed by atoms with Crippen molar-refractivity contribution in [2.45, 2.75) is 5.41 Å². The molecule has 1 aromatic heterocycles. The zero-order valence-electron chi connectivity index (χ0n) is 30.3. The maximum Gasteiger partial charge on any atom is 0.140 e. The van der Waals surface area contributed by atoms with Crippen LogP contribution in [0.3, 0.4) is 0 Å². The van der Waals surface area contributed by atoms with Gasteiger partial charge in [0.25, 0.3) is 0 Å². The summed E-state index contributed by atoms with van der Waals surface area (Å²) < 4.78 is 13.2. The predicted octanol–water partition coefficient (Wildman–Crippen LogP) is 14.3. The molecule has 3 heteroatoms. The van der Waals surface area contributed by atoms with Crippen LogP contribution in [0.2, 0.25) is 0 Å². The highest BCUT2D eigenvalue weighted by Gasteiger charge is 2.51. The lowest BCUT2D eigenvalue weighted by molar-refractivity contribution is 0.442. The number of para-hydroxylation sites is 3. The van der Waals surface area contributed by atoms with E-state index in [0.29, 0.717) is 0 Å². The molecule has 0 bridgehead atoms. The quantitative estimate of drug-likeness (QED) is 0.181. The largest absolute Gasteiger partial charge is 0.456 e. The van der Waals surface area contributed by atoms with Crippen molar-refractivity contribution in [3.05, 3.63) is 222 Å². The van der Waals surface area contributed by atoms with E-state index in [2.05, 4.69) is 193 Å². The summed E-state index contributed by atoms with van der Waals surface area (Å²) in [5.41, 5.74) is 14.2. The van der Waals surface area contributed by atoms with Gasteiger partial charge in [0.2, 0.25) is 0 Å². The Labute approximate surface area is 324 Å². The molecule has 1 spiro atoms. The molecule has 0 amide bonds. The first-order valence-electron chi connectivity index (χ1n) is 19.2. The number of hydrogen-bond donors (Lipinski definition) is 0. The summed E-state index contributed by atoms with van der Waals surface area (Å²) >= 11 is 0. The van der Waals surface area contributed by atoms with Crippen molar-refractivity contribution in [3.63, 3.8) is 0 Å². The fraction of sp³-hybridized carbons (Fsp3) is 0.0189. The summed E-state index contributed by atoms with van der Waals surface area (Å²) in [4.78, 5) is 2.34. The molecule has 1 aliphatic carbocycles. The zero-order chi connectivity index (χ0) is 36.8. The van der Waals surface area contributed by atoms with E-state index in [-0.39, 0.29) is 0 Å². The van der Waals surface area contributed by atoms with Gasteiger partial charge in [-0.25, -0.2) is 0 Å². The molecule has 9 aromatic carbocycles. The Bertz CT molecular complexity index is 3180. The van der Waals surface area contributed by atoms with E-state index in [4.69, 9.17) is 9.15 Å². The molecule has 12 rings (SSSR count). The summed E-state index contributed by atoms with van der Waals surface area (Å²) in [5.74, 6) is 1.83. The third-order valence-electron chi connectivity index (χ3n) is 11.9. The predicted molar refractivity (Wildman–Crippen MR) is 229 cm³/mol. The summed E-state index contributed by atoms with van der Waals surface area (Å²) in [6.07, 6.45) is 0. The normalized spacial score (nSPS) is 15.0. The smallest absolute Gasteiger partial charge is 0.140 e. The fourth-order valence-corrected chi connectivity index (χ4v) is 9.56. The molecule has 262 valence electrons. The van der Waals surface area contributed by atoms with Crippen molar-refractivity contribution < 1.29 is 9.15 Å². The van der Waals surface area contributed by atoms with Crippen LogP contribution in [0.15, 0.2) is 205 Å². The number of fused-ring (bicyclic) bond motifs is 14. The molecule has 0 saturated heterocycles. The van der Waals surface area contributed by atoms with Gasteiger partial charge in [0, 0.05) is 33.3 Å². The van der Waals surface area contributed by atoms with Gasteiger partial charge in [-0.1, -0.05) is 146 Å². The first-order chi connectivity index (χ1) is 27.8. The first-order valence-corrected chi connectivity index (χ1v) is 19.2. The number of furan rings is 1. The lowest BCUT2D eigenvalue weighted by Gasteiger charge is -2.40. The number of anilines is 3. The minimum atomic E-state index is -0.549. The number of rotatable bonds is 4. The molecule has 1 aliphatic heterocycles. The van der Waals surface area contributed by atoms with Gasteiger partial charge in [0.05, 0.1) is 16.5 Å². The molecule has 1 unspecified atom stereocenters. The SMILES string of the molecule is c1ccc(N(c2ccc(-c3ccc4c(c3)C3(c5ccccc5Oc5c3ccc3ccccc53)c3ccccc3-4)cc2)c2cccc3oc4ccccc4c23)cc1. The lowest BCUT2D eigenvalue weighted by atomic mass is 9.65. The fourth-order valence-electron chi connectivity index (χ4n) is 9.56. The maximum absolute atomic E-state index is 6.87. The second kappa shape index (κ2) is 11.8. The van der Waals surface area contributed by atoms with Crippen LogP contribution < -0.4 is 9.64 Å². The molecular formula is C53H33NO2. The molecule has 2 aliphatic rings. The Morgan fingerprint density at radius 2 is 1.09 bits per heavy atom. The standard InChI is InChI=1S/C53H33NO2/c1-2-14-37(15-3-1)54(47-21-12-24-50-51(47)42-18-7-10-22-48(42)55-50)38-29-25-34(26-30-38)36-27-31-41-40-17-6-8-19-43(40)53(46(41)33-36)44-20-9-11-23-49(44)56-52-39-16-5-4-13-35(39)28-32-45(52)53/h1-33H. The molecular weight excluding hydrogens is 683 g/mol. The Hall–Kier alpha value is -7.36. The molecule has 0 saturated carbocycles. The van der Waals surface area contributed by atoms with Crippen molar-refractivity contribution in [1.82, 2.24) is 0 Å². The summed E-state index contributed by atoms with van der Waals surface area (Å²) in [6, 6.07) is 71.9. The van der Waals surface area contributed by atoms with Crippen molar-refractivity contribution in [2.75, 3.05) is 4.90 Å². The summed E-state index contributed by atoms with van der Waals surface area (Å²) in [5, 5.41) is 4.50. The minimum Gasteiger partial charge on any atom is -0.456 e. The number of benzene rings is 9. The third-order valence-corrected chi connectivity index (χ3v) is 11.9. The van der Waals surface area contributed by atoms with E-state index in [9.17, 15) is 0 Å². The molecule has 10 aromatic rings. The zero-order valence-corrected chi connectivity index (χ0v) is 30.3. The van der Waals surface area contributed by atoms with Crippen LogP contribution in [0.1, 0.15) is 22.3 Å². The van der Waals surface area contributed by atoms with E-state index in [0.717, 1.165) is 61.4 Å². The molecule has 3 nitrogen and oxygen atoms in total. The van der Waals surface area contributed by atoms with E-state index >= 15 is 0 Å².